The zero-order valence-corrected chi connectivity index (χ0v) is 17.9. The molecule has 8 heteroatoms. The standard InChI is InChI=1S/C20H24BrFN2O4/c1-13(23-19(26)28-20(2,3)4)11-27-12-14-9-15(21)18(25)24(10-14)17-8-6-5-7-16(17)22/h5-10,13H,11-12H2,1-4H3,(H,23,26)/t13-/m1/s1. The Kier molecular flexibility index (Phi) is 7.37. The van der Waals surface area contributed by atoms with Crippen LogP contribution in [-0.2, 0) is 16.1 Å². The molecule has 6 nitrogen and oxygen atoms in total. The van der Waals surface area contributed by atoms with Crippen molar-refractivity contribution in [3.05, 3.63) is 62.7 Å². The van der Waals surface area contributed by atoms with Gasteiger partial charge < -0.3 is 14.8 Å². The molecule has 0 aliphatic rings. The summed E-state index contributed by atoms with van der Waals surface area (Å²) >= 11 is 3.22. The van der Waals surface area contributed by atoms with Crippen LogP contribution in [0.25, 0.3) is 5.69 Å². The summed E-state index contributed by atoms with van der Waals surface area (Å²) in [5.41, 5.74) is -0.0971. The predicted molar refractivity (Wildman–Crippen MR) is 108 cm³/mol. The zero-order chi connectivity index (χ0) is 20.9. The maximum absolute atomic E-state index is 14.1. The number of nitrogens with zero attached hydrogens (tertiary/aromatic N) is 1. The van der Waals surface area contributed by atoms with Crippen LogP contribution in [0.1, 0.15) is 33.3 Å². The molecule has 0 aliphatic carbocycles. The quantitative estimate of drug-likeness (QED) is 0.710. The van der Waals surface area contributed by atoms with Gasteiger partial charge >= 0.3 is 6.09 Å². The lowest BCUT2D eigenvalue weighted by Crippen LogP contribution is -2.39. The topological polar surface area (TPSA) is 69.6 Å². The summed E-state index contributed by atoms with van der Waals surface area (Å²) in [5.74, 6) is -0.496. The van der Waals surface area contributed by atoms with Crippen molar-refractivity contribution in [1.29, 1.82) is 0 Å². The molecule has 28 heavy (non-hydrogen) atoms. The van der Waals surface area contributed by atoms with E-state index in [4.69, 9.17) is 9.47 Å². The van der Waals surface area contributed by atoms with Crippen LogP contribution in [0.5, 0.6) is 0 Å². The molecule has 152 valence electrons. The Hall–Kier alpha value is -2.19. The highest BCUT2D eigenvalue weighted by atomic mass is 79.9. The van der Waals surface area contributed by atoms with E-state index in [0.29, 0.717) is 10.0 Å². The molecule has 1 heterocycles. The van der Waals surface area contributed by atoms with E-state index in [-0.39, 0.29) is 30.5 Å². The number of nitrogens with one attached hydrogen (secondary N) is 1. The summed E-state index contributed by atoms with van der Waals surface area (Å²) in [7, 11) is 0. The molecule has 0 saturated heterocycles. The number of halogens is 2. The highest BCUT2D eigenvalue weighted by Gasteiger charge is 2.17. The van der Waals surface area contributed by atoms with Crippen molar-refractivity contribution in [1.82, 2.24) is 9.88 Å². The molecule has 2 aromatic rings. The van der Waals surface area contributed by atoms with Gasteiger partial charge in [0, 0.05) is 6.20 Å². The van der Waals surface area contributed by atoms with Crippen molar-refractivity contribution >= 4 is 22.0 Å². The Morgan fingerprint density at radius 1 is 1.32 bits per heavy atom. The minimum Gasteiger partial charge on any atom is -0.444 e. The van der Waals surface area contributed by atoms with Crippen molar-refractivity contribution < 1.29 is 18.7 Å². The molecule has 0 saturated carbocycles. The summed E-state index contributed by atoms with van der Waals surface area (Å²) in [4.78, 5) is 24.1. The molecule has 0 aliphatic heterocycles. The molecule has 2 rings (SSSR count). The fraction of sp³-hybridized carbons (Fsp3) is 0.400. The molecule has 0 unspecified atom stereocenters. The third-order valence-electron chi connectivity index (χ3n) is 3.54. The highest BCUT2D eigenvalue weighted by Crippen LogP contribution is 2.15. The fourth-order valence-electron chi connectivity index (χ4n) is 2.41. The van der Waals surface area contributed by atoms with Gasteiger partial charge in [-0.1, -0.05) is 12.1 Å². The minimum atomic E-state index is -0.572. The Bertz CT molecular complexity index is 893. The van der Waals surface area contributed by atoms with Gasteiger partial charge in [-0.3, -0.25) is 9.36 Å². The van der Waals surface area contributed by atoms with E-state index in [9.17, 15) is 14.0 Å². The van der Waals surface area contributed by atoms with Crippen LogP contribution in [0.2, 0.25) is 0 Å². The van der Waals surface area contributed by atoms with E-state index in [1.165, 1.54) is 22.9 Å². The third-order valence-corrected chi connectivity index (χ3v) is 4.11. The second kappa shape index (κ2) is 9.34. The van der Waals surface area contributed by atoms with Gasteiger partial charge in [0.2, 0.25) is 0 Å². The zero-order valence-electron chi connectivity index (χ0n) is 16.3. The van der Waals surface area contributed by atoms with E-state index in [1.54, 1.807) is 45.9 Å². The molecule has 0 radical (unpaired) electrons. The Morgan fingerprint density at radius 2 is 2.00 bits per heavy atom. The average Bonchev–Trinajstić information content (AvgIpc) is 2.56. The first-order chi connectivity index (χ1) is 13.1. The third kappa shape index (κ3) is 6.45. The van der Waals surface area contributed by atoms with E-state index in [2.05, 4.69) is 21.2 Å². The van der Waals surface area contributed by atoms with Crippen molar-refractivity contribution in [3.63, 3.8) is 0 Å². The van der Waals surface area contributed by atoms with Crippen LogP contribution < -0.4 is 10.9 Å². The summed E-state index contributed by atoms with van der Waals surface area (Å²) in [6.07, 6.45) is 1.02. The van der Waals surface area contributed by atoms with Gasteiger partial charge in [0.1, 0.15) is 11.4 Å². The summed E-state index contributed by atoms with van der Waals surface area (Å²) in [6.45, 7) is 7.59. The number of pyridine rings is 1. The van der Waals surface area contributed by atoms with Crippen molar-refractivity contribution in [3.8, 4) is 5.69 Å². The number of alkyl carbamates (subject to hydrolysis) is 1. The second-order valence-corrected chi connectivity index (χ2v) is 8.24. The van der Waals surface area contributed by atoms with Crippen molar-refractivity contribution in [2.45, 2.75) is 45.9 Å². The van der Waals surface area contributed by atoms with Crippen LogP contribution in [0.4, 0.5) is 9.18 Å². The SMILES string of the molecule is C[C@H](COCc1cc(Br)c(=O)n(-c2ccccc2F)c1)NC(=O)OC(C)(C)C. The number of benzene rings is 1. The predicted octanol–water partition coefficient (Wildman–Crippen LogP) is 4.17. The van der Waals surface area contributed by atoms with Gasteiger partial charge in [-0.05, 0) is 67.4 Å². The van der Waals surface area contributed by atoms with Crippen molar-refractivity contribution in [2.75, 3.05) is 6.61 Å². The smallest absolute Gasteiger partial charge is 0.407 e. The molecule has 0 spiro atoms. The molecular formula is C20H24BrFN2O4. The van der Waals surface area contributed by atoms with E-state index >= 15 is 0 Å². The number of aromatic nitrogens is 1. The average molecular weight is 455 g/mol. The summed E-state index contributed by atoms with van der Waals surface area (Å²) in [6, 6.07) is 7.40. The first kappa shape index (κ1) is 22.1. The van der Waals surface area contributed by atoms with Gasteiger partial charge in [0.05, 0.1) is 29.4 Å². The summed E-state index contributed by atoms with van der Waals surface area (Å²) < 4.78 is 26.4. The lowest BCUT2D eigenvalue weighted by molar-refractivity contribution is 0.0442. The molecular weight excluding hydrogens is 431 g/mol. The fourth-order valence-corrected chi connectivity index (χ4v) is 2.90. The number of ether oxygens (including phenoxy) is 2. The minimum absolute atomic E-state index is 0.162. The maximum atomic E-state index is 14.1. The van der Waals surface area contributed by atoms with E-state index in [0.717, 1.165) is 0 Å². The lowest BCUT2D eigenvalue weighted by atomic mass is 10.2. The van der Waals surface area contributed by atoms with Crippen LogP contribution in [0.15, 0.2) is 45.8 Å². The molecule has 0 fully saturated rings. The molecule has 1 amide bonds. The first-order valence-corrected chi connectivity index (χ1v) is 9.59. The number of hydrogen-bond acceptors (Lipinski definition) is 4. The van der Waals surface area contributed by atoms with Crippen LogP contribution in [-0.4, -0.2) is 28.9 Å². The molecule has 0 bridgehead atoms. The van der Waals surface area contributed by atoms with Gasteiger partial charge in [-0.15, -0.1) is 0 Å². The Morgan fingerprint density at radius 3 is 2.64 bits per heavy atom. The van der Waals surface area contributed by atoms with Crippen LogP contribution in [0.3, 0.4) is 0 Å². The lowest BCUT2D eigenvalue weighted by Gasteiger charge is -2.22. The molecule has 1 N–H and O–H groups in total. The highest BCUT2D eigenvalue weighted by molar-refractivity contribution is 9.10. The van der Waals surface area contributed by atoms with Crippen LogP contribution >= 0.6 is 15.9 Å². The van der Waals surface area contributed by atoms with Crippen LogP contribution in [0, 0.1) is 5.82 Å². The summed E-state index contributed by atoms with van der Waals surface area (Å²) in [5, 5.41) is 2.69. The molecule has 1 atom stereocenters. The normalized spacial score (nSPS) is 12.5. The number of carbonyl (C=O) groups is 1. The number of carbonyl (C=O) groups excluding carboxylic acids is 1. The van der Waals surface area contributed by atoms with Gasteiger partial charge in [-0.25, -0.2) is 9.18 Å². The number of para-hydroxylation sites is 1. The Balaban J connectivity index is 2.01. The van der Waals surface area contributed by atoms with Gasteiger partial charge in [0.25, 0.3) is 5.56 Å². The first-order valence-electron chi connectivity index (χ1n) is 8.80. The molecule has 1 aromatic carbocycles. The van der Waals surface area contributed by atoms with E-state index in [1.807, 2.05) is 0 Å². The van der Waals surface area contributed by atoms with E-state index < -0.39 is 17.5 Å². The number of hydrogen-bond donors (Lipinski definition) is 1. The van der Waals surface area contributed by atoms with Crippen molar-refractivity contribution in [2.24, 2.45) is 0 Å². The second-order valence-electron chi connectivity index (χ2n) is 7.39. The van der Waals surface area contributed by atoms with Gasteiger partial charge in [-0.2, -0.15) is 0 Å². The molecule has 1 aromatic heterocycles. The monoisotopic (exact) mass is 454 g/mol. The number of rotatable bonds is 6. The Labute approximate surface area is 171 Å². The van der Waals surface area contributed by atoms with Gasteiger partial charge in [0.15, 0.2) is 0 Å². The number of amides is 1. The maximum Gasteiger partial charge on any atom is 0.407 e. The largest absolute Gasteiger partial charge is 0.444 e.